The molecule has 3 N–H and O–H groups in total. The second-order valence-corrected chi connectivity index (χ2v) is 7.76. The fourth-order valence-electron chi connectivity index (χ4n) is 3.30. The van der Waals surface area contributed by atoms with E-state index < -0.39 is 0 Å². The fourth-order valence-corrected chi connectivity index (χ4v) is 4.21. The van der Waals surface area contributed by atoms with Gasteiger partial charge in [-0.25, -0.2) is 4.99 Å². The summed E-state index contributed by atoms with van der Waals surface area (Å²) in [5, 5.41) is 16.5. The number of hydrogen-bond donors (Lipinski definition) is 3. The molecular formula is C18H23N7OS. The summed E-state index contributed by atoms with van der Waals surface area (Å²) in [4.78, 5) is 19.3. The van der Waals surface area contributed by atoms with Crippen LogP contribution in [0.15, 0.2) is 52.1 Å². The van der Waals surface area contributed by atoms with E-state index in [0.717, 1.165) is 43.5 Å². The number of carbonyl (C=O) groups is 1. The van der Waals surface area contributed by atoms with Gasteiger partial charge in [-0.15, -0.1) is 0 Å². The van der Waals surface area contributed by atoms with E-state index in [1.807, 2.05) is 18.1 Å². The number of thioether (sulfide) groups is 1. The Kier molecular flexibility index (Phi) is 5.04. The molecule has 1 fully saturated rings. The first kappa shape index (κ1) is 17.9. The first-order chi connectivity index (χ1) is 13.1. The van der Waals surface area contributed by atoms with Gasteiger partial charge in [-0.2, -0.15) is 5.10 Å². The van der Waals surface area contributed by atoms with Crippen molar-refractivity contribution in [1.29, 1.82) is 0 Å². The Hall–Kier alpha value is -2.52. The van der Waals surface area contributed by atoms with Gasteiger partial charge in [-0.05, 0) is 17.6 Å². The topological polar surface area (TPSA) is 86.6 Å². The maximum Gasteiger partial charge on any atom is 0.245 e. The molecule has 0 aliphatic carbocycles. The first-order valence-electron chi connectivity index (χ1n) is 8.91. The predicted molar refractivity (Wildman–Crippen MR) is 108 cm³/mol. The Bertz CT molecular complexity index is 835. The van der Waals surface area contributed by atoms with Crippen molar-refractivity contribution in [2.75, 3.05) is 31.5 Å². The summed E-state index contributed by atoms with van der Waals surface area (Å²) in [7, 11) is 1.88. The standard InChI is InChI=1S/C18H23N7OS/c1-3-16(26)25-9-12(10-25)6-19-8-15-17-14(4-5-27-17)22-18(23-15)21-13-7-20-24(2)11-13/h3-5,7,11-12,14,19H,1,6,8-10H2,2H3,(H2,21,22,23). The van der Waals surface area contributed by atoms with Crippen molar-refractivity contribution in [3.05, 3.63) is 47.1 Å². The maximum atomic E-state index is 11.5. The predicted octanol–water partition coefficient (Wildman–Crippen LogP) is 0.866. The number of nitrogens with one attached hydrogen (secondary N) is 3. The maximum absolute atomic E-state index is 11.5. The number of amides is 1. The zero-order chi connectivity index (χ0) is 18.8. The van der Waals surface area contributed by atoms with Crippen LogP contribution < -0.4 is 16.0 Å². The fraction of sp³-hybridized carbons (Fsp3) is 0.389. The molecule has 0 aromatic carbocycles. The summed E-state index contributed by atoms with van der Waals surface area (Å²) >= 11 is 1.71. The summed E-state index contributed by atoms with van der Waals surface area (Å²) in [6.45, 7) is 6.74. The van der Waals surface area contributed by atoms with Crippen LogP contribution in [-0.2, 0) is 11.8 Å². The molecule has 9 heteroatoms. The lowest BCUT2D eigenvalue weighted by Gasteiger charge is -2.39. The summed E-state index contributed by atoms with van der Waals surface area (Å²) < 4.78 is 1.75. The minimum absolute atomic E-state index is 0.0173. The smallest absolute Gasteiger partial charge is 0.245 e. The second kappa shape index (κ2) is 7.61. The molecule has 0 radical (unpaired) electrons. The average Bonchev–Trinajstić information content (AvgIpc) is 3.25. The van der Waals surface area contributed by atoms with Crippen LogP contribution in [0.25, 0.3) is 0 Å². The number of fused-ring (bicyclic) bond motifs is 1. The quantitative estimate of drug-likeness (QED) is 0.630. The number of rotatable bonds is 6. The molecule has 8 nitrogen and oxygen atoms in total. The second-order valence-electron chi connectivity index (χ2n) is 6.81. The van der Waals surface area contributed by atoms with Crippen LogP contribution in [0.5, 0.6) is 0 Å². The summed E-state index contributed by atoms with van der Waals surface area (Å²) in [6.07, 6.45) is 7.17. The van der Waals surface area contributed by atoms with Gasteiger partial charge in [-0.3, -0.25) is 9.48 Å². The largest absolute Gasteiger partial charge is 0.338 e. The van der Waals surface area contributed by atoms with Gasteiger partial charge in [0.15, 0.2) is 0 Å². The molecule has 1 saturated heterocycles. The van der Waals surface area contributed by atoms with Crippen molar-refractivity contribution in [2.45, 2.75) is 6.04 Å². The van der Waals surface area contributed by atoms with Gasteiger partial charge in [0.05, 0.1) is 11.9 Å². The van der Waals surface area contributed by atoms with Crippen molar-refractivity contribution < 1.29 is 4.79 Å². The highest BCUT2D eigenvalue weighted by molar-refractivity contribution is 8.06. The number of aromatic nitrogens is 2. The molecule has 1 amide bonds. The summed E-state index contributed by atoms with van der Waals surface area (Å²) in [6, 6.07) is 0.0663. The van der Waals surface area contributed by atoms with Gasteiger partial charge in [0.1, 0.15) is 6.04 Å². The Morgan fingerprint density at radius 2 is 2.37 bits per heavy atom. The SMILES string of the molecule is C=CC(=O)N1CC(CNCC2=C3SC=CC3N=C(Nc3cnn(C)c3)N2)C1. The molecule has 1 atom stereocenters. The highest BCUT2D eigenvalue weighted by Crippen LogP contribution is 2.34. The van der Waals surface area contributed by atoms with E-state index in [1.165, 1.54) is 11.0 Å². The van der Waals surface area contributed by atoms with Crippen LogP contribution in [0.4, 0.5) is 5.69 Å². The first-order valence-corrected chi connectivity index (χ1v) is 9.79. The van der Waals surface area contributed by atoms with E-state index in [4.69, 9.17) is 4.99 Å². The molecule has 0 saturated carbocycles. The van der Waals surface area contributed by atoms with Gasteiger partial charge in [0, 0.05) is 55.9 Å². The zero-order valence-corrected chi connectivity index (χ0v) is 16.0. The Morgan fingerprint density at radius 1 is 1.52 bits per heavy atom. The van der Waals surface area contributed by atoms with Crippen LogP contribution in [-0.4, -0.2) is 58.8 Å². The summed E-state index contributed by atoms with van der Waals surface area (Å²) in [5.74, 6) is 1.24. The average molecular weight is 385 g/mol. The molecule has 1 unspecified atom stereocenters. The molecule has 1 aromatic rings. The van der Waals surface area contributed by atoms with E-state index >= 15 is 0 Å². The van der Waals surface area contributed by atoms with Crippen LogP contribution in [0, 0.1) is 5.92 Å². The number of nitrogens with zero attached hydrogens (tertiary/aromatic N) is 4. The number of hydrogen-bond acceptors (Lipinski definition) is 7. The number of carbonyl (C=O) groups excluding carboxylic acids is 1. The molecule has 0 spiro atoms. The van der Waals surface area contributed by atoms with Crippen LogP contribution >= 0.6 is 11.8 Å². The molecule has 0 bridgehead atoms. The minimum Gasteiger partial charge on any atom is -0.338 e. The van der Waals surface area contributed by atoms with Gasteiger partial charge in [-0.1, -0.05) is 18.3 Å². The normalized spacial score (nSPS) is 21.4. The third-order valence-electron chi connectivity index (χ3n) is 4.71. The van der Waals surface area contributed by atoms with Crippen LogP contribution in [0.3, 0.4) is 0 Å². The van der Waals surface area contributed by atoms with Crippen molar-refractivity contribution in [3.8, 4) is 0 Å². The zero-order valence-electron chi connectivity index (χ0n) is 15.2. The van der Waals surface area contributed by atoms with Gasteiger partial charge < -0.3 is 20.9 Å². The van der Waals surface area contributed by atoms with Crippen molar-refractivity contribution in [3.63, 3.8) is 0 Å². The lowest BCUT2D eigenvalue weighted by Crippen LogP contribution is -2.53. The molecule has 4 rings (SSSR count). The number of aryl methyl sites for hydroxylation is 1. The molecule has 1 aromatic heterocycles. The third-order valence-corrected chi connectivity index (χ3v) is 5.74. The van der Waals surface area contributed by atoms with Gasteiger partial charge in [0.25, 0.3) is 0 Å². The number of likely N-dealkylation sites (tertiary alicyclic amines) is 1. The van der Waals surface area contributed by atoms with Gasteiger partial charge >= 0.3 is 0 Å². The van der Waals surface area contributed by atoms with Gasteiger partial charge in [0.2, 0.25) is 11.9 Å². The van der Waals surface area contributed by atoms with Crippen LogP contribution in [0.1, 0.15) is 0 Å². The Morgan fingerprint density at radius 3 is 3.11 bits per heavy atom. The number of aliphatic imine (C=N–C) groups is 1. The molecule has 27 heavy (non-hydrogen) atoms. The molecule has 3 aliphatic heterocycles. The number of anilines is 1. The van der Waals surface area contributed by atoms with Crippen molar-refractivity contribution in [2.24, 2.45) is 18.0 Å². The van der Waals surface area contributed by atoms with Crippen molar-refractivity contribution in [1.82, 2.24) is 25.3 Å². The lowest BCUT2D eigenvalue weighted by atomic mass is 10.00. The lowest BCUT2D eigenvalue weighted by molar-refractivity contribution is -0.131. The molecule has 142 valence electrons. The Balaban J connectivity index is 1.31. The van der Waals surface area contributed by atoms with E-state index in [0.29, 0.717) is 5.92 Å². The number of guanidine groups is 1. The Labute approximate surface area is 162 Å². The van der Waals surface area contributed by atoms with Crippen LogP contribution in [0.2, 0.25) is 0 Å². The minimum atomic E-state index is 0.0173. The molecular weight excluding hydrogens is 362 g/mol. The highest BCUT2D eigenvalue weighted by atomic mass is 32.2. The van der Waals surface area contributed by atoms with Crippen molar-refractivity contribution >= 4 is 29.3 Å². The van der Waals surface area contributed by atoms with E-state index in [-0.39, 0.29) is 11.9 Å². The summed E-state index contributed by atoms with van der Waals surface area (Å²) in [5.41, 5.74) is 2.03. The third kappa shape index (κ3) is 3.93. The highest BCUT2D eigenvalue weighted by Gasteiger charge is 2.30. The van der Waals surface area contributed by atoms with E-state index in [2.05, 4.69) is 39.1 Å². The van der Waals surface area contributed by atoms with E-state index in [9.17, 15) is 4.79 Å². The van der Waals surface area contributed by atoms with E-state index in [1.54, 1.807) is 22.6 Å². The molecule has 4 heterocycles. The monoisotopic (exact) mass is 385 g/mol. The molecule has 3 aliphatic rings.